The zero-order valence-corrected chi connectivity index (χ0v) is 13.0. The molecule has 0 aliphatic carbocycles. The molecule has 0 saturated carbocycles. The summed E-state index contributed by atoms with van der Waals surface area (Å²) in [7, 11) is 3.97. The van der Waals surface area contributed by atoms with E-state index in [4.69, 9.17) is 0 Å². The van der Waals surface area contributed by atoms with Crippen LogP contribution in [-0.2, 0) is 19.9 Å². The van der Waals surface area contributed by atoms with Gasteiger partial charge >= 0.3 is 0 Å². The topological polar surface area (TPSA) is 29.9 Å². The van der Waals surface area contributed by atoms with Crippen molar-refractivity contribution in [2.75, 3.05) is 13.6 Å². The van der Waals surface area contributed by atoms with Crippen LogP contribution in [0.2, 0.25) is 0 Å². The fourth-order valence-corrected chi connectivity index (χ4v) is 2.82. The monoisotopic (exact) mass is 321 g/mol. The number of nitrogens with zero attached hydrogens (tertiary/aromatic N) is 2. The summed E-state index contributed by atoms with van der Waals surface area (Å²) >= 11 is 3.53. The van der Waals surface area contributed by atoms with E-state index >= 15 is 0 Å². The van der Waals surface area contributed by atoms with Crippen molar-refractivity contribution in [1.82, 2.24) is 15.1 Å². The number of nitrogens with one attached hydrogen (secondary N) is 1. The number of rotatable bonds is 6. The second-order valence-corrected chi connectivity index (χ2v) is 5.86. The molecule has 1 unspecified atom stereocenters. The van der Waals surface area contributed by atoms with Crippen LogP contribution >= 0.6 is 15.9 Å². The predicted octanol–water partition coefficient (Wildman–Crippen LogP) is 2.80. The van der Waals surface area contributed by atoms with Crippen LogP contribution in [0, 0.1) is 5.92 Å². The summed E-state index contributed by atoms with van der Waals surface area (Å²) in [5, 5.41) is 7.75. The highest BCUT2D eigenvalue weighted by atomic mass is 79.9. The van der Waals surface area contributed by atoms with E-state index in [2.05, 4.69) is 56.7 Å². The quantitative estimate of drug-likeness (QED) is 0.886. The Bertz CT molecular complexity index is 522. The molecule has 0 radical (unpaired) electrons. The van der Waals surface area contributed by atoms with Crippen molar-refractivity contribution in [2.45, 2.75) is 12.8 Å². The maximum absolute atomic E-state index is 4.47. The number of aryl methyl sites for hydroxylation is 1. The van der Waals surface area contributed by atoms with E-state index in [1.165, 1.54) is 5.56 Å². The summed E-state index contributed by atoms with van der Waals surface area (Å²) in [6.45, 7) is 1.00. The fraction of sp³-hybridized carbons (Fsp3) is 0.400. The van der Waals surface area contributed by atoms with Gasteiger partial charge in [0, 0.05) is 17.7 Å². The van der Waals surface area contributed by atoms with Gasteiger partial charge in [0.15, 0.2) is 0 Å². The Kier molecular flexibility index (Phi) is 5.16. The highest BCUT2D eigenvalue weighted by Gasteiger charge is 2.12. The first-order chi connectivity index (χ1) is 9.17. The van der Waals surface area contributed by atoms with E-state index in [-0.39, 0.29) is 0 Å². The van der Waals surface area contributed by atoms with Gasteiger partial charge in [-0.15, -0.1) is 0 Å². The van der Waals surface area contributed by atoms with Crippen LogP contribution in [0.3, 0.4) is 0 Å². The lowest BCUT2D eigenvalue weighted by Crippen LogP contribution is -2.23. The number of hydrogen-bond acceptors (Lipinski definition) is 2. The van der Waals surface area contributed by atoms with E-state index in [0.29, 0.717) is 5.92 Å². The molecule has 4 heteroatoms. The zero-order chi connectivity index (χ0) is 13.7. The third kappa shape index (κ3) is 4.48. The Morgan fingerprint density at radius 1 is 1.32 bits per heavy atom. The molecule has 0 aliphatic rings. The average Bonchev–Trinajstić information content (AvgIpc) is 2.75. The first-order valence-corrected chi connectivity index (χ1v) is 7.34. The molecule has 1 atom stereocenters. The molecule has 0 spiro atoms. The minimum Gasteiger partial charge on any atom is -0.319 e. The molecule has 102 valence electrons. The molecule has 1 N–H and O–H groups in total. The molecule has 1 heterocycles. The second-order valence-electron chi connectivity index (χ2n) is 4.94. The van der Waals surface area contributed by atoms with Gasteiger partial charge in [0.25, 0.3) is 0 Å². The second kappa shape index (κ2) is 6.87. The largest absolute Gasteiger partial charge is 0.319 e. The van der Waals surface area contributed by atoms with Gasteiger partial charge in [0.2, 0.25) is 0 Å². The highest BCUT2D eigenvalue weighted by Crippen LogP contribution is 2.17. The van der Waals surface area contributed by atoms with Crippen molar-refractivity contribution >= 4 is 15.9 Å². The predicted molar refractivity (Wildman–Crippen MR) is 82.2 cm³/mol. The Morgan fingerprint density at radius 3 is 2.79 bits per heavy atom. The van der Waals surface area contributed by atoms with E-state index < -0.39 is 0 Å². The summed E-state index contributed by atoms with van der Waals surface area (Å²) in [4.78, 5) is 0. The molecule has 2 aromatic rings. The van der Waals surface area contributed by atoms with Crippen molar-refractivity contribution in [3.05, 3.63) is 52.3 Å². The molecule has 2 rings (SSSR count). The van der Waals surface area contributed by atoms with Gasteiger partial charge in [-0.2, -0.15) is 5.10 Å². The summed E-state index contributed by atoms with van der Waals surface area (Å²) in [5.41, 5.74) is 2.53. The number of benzene rings is 1. The molecule has 1 aromatic carbocycles. The maximum atomic E-state index is 4.47. The van der Waals surface area contributed by atoms with Crippen molar-refractivity contribution in [3.63, 3.8) is 0 Å². The van der Waals surface area contributed by atoms with Crippen LogP contribution in [0.5, 0.6) is 0 Å². The third-order valence-electron chi connectivity index (χ3n) is 3.17. The number of halogens is 1. The Labute approximate surface area is 123 Å². The molecule has 0 aliphatic heterocycles. The molecule has 0 fully saturated rings. The first kappa shape index (κ1) is 14.3. The summed E-state index contributed by atoms with van der Waals surface area (Å²) in [6, 6.07) is 10.6. The lowest BCUT2D eigenvalue weighted by molar-refractivity contribution is 0.485. The summed E-state index contributed by atoms with van der Waals surface area (Å²) in [6.07, 6.45) is 4.08. The zero-order valence-electron chi connectivity index (χ0n) is 11.4. The third-order valence-corrected chi connectivity index (χ3v) is 3.67. The van der Waals surface area contributed by atoms with Gasteiger partial charge in [0.05, 0.1) is 5.69 Å². The molecule has 0 saturated heterocycles. The van der Waals surface area contributed by atoms with Crippen molar-refractivity contribution in [1.29, 1.82) is 0 Å². The molecule has 19 heavy (non-hydrogen) atoms. The van der Waals surface area contributed by atoms with E-state index in [0.717, 1.165) is 29.6 Å². The maximum Gasteiger partial charge on any atom is 0.0627 e. The van der Waals surface area contributed by atoms with Crippen molar-refractivity contribution in [2.24, 2.45) is 13.0 Å². The molecule has 0 bridgehead atoms. The van der Waals surface area contributed by atoms with Gasteiger partial charge in [-0.05, 0) is 56.1 Å². The van der Waals surface area contributed by atoms with Gasteiger partial charge in [-0.1, -0.05) is 28.1 Å². The van der Waals surface area contributed by atoms with Crippen molar-refractivity contribution in [3.8, 4) is 0 Å². The Balaban J connectivity index is 2.03. The smallest absolute Gasteiger partial charge is 0.0627 e. The van der Waals surface area contributed by atoms with Crippen molar-refractivity contribution < 1.29 is 0 Å². The first-order valence-electron chi connectivity index (χ1n) is 6.55. The lowest BCUT2D eigenvalue weighted by Gasteiger charge is -2.15. The van der Waals surface area contributed by atoms with Gasteiger partial charge in [0.1, 0.15) is 0 Å². The summed E-state index contributed by atoms with van der Waals surface area (Å²) in [5.74, 6) is 0.564. The van der Waals surface area contributed by atoms with E-state index in [1.807, 2.05) is 25.0 Å². The lowest BCUT2D eigenvalue weighted by atomic mass is 9.95. The molecule has 1 aromatic heterocycles. The molecule has 3 nitrogen and oxygen atoms in total. The SMILES string of the molecule is CNCC(Cc1cccc(Br)c1)Cc1ccn(C)n1. The highest BCUT2D eigenvalue weighted by molar-refractivity contribution is 9.10. The van der Waals surface area contributed by atoms with Gasteiger partial charge < -0.3 is 5.32 Å². The van der Waals surface area contributed by atoms with Crippen LogP contribution in [0.1, 0.15) is 11.3 Å². The molecular weight excluding hydrogens is 302 g/mol. The van der Waals surface area contributed by atoms with Crippen LogP contribution in [-0.4, -0.2) is 23.4 Å². The number of aromatic nitrogens is 2. The standard InChI is InChI=1S/C15H20BrN3/c1-17-11-13(10-15-6-7-19(2)18-15)8-12-4-3-5-14(16)9-12/h3-7,9,13,17H,8,10-11H2,1-2H3. The summed E-state index contributed by atoms with van der Waals surface area (Å²) < 4.78 is 3.01. The van der Waals surface area contributed by atoms with Crippen LogP contribution in [0.15, 0.2) is 41.0 Å². The number of hydrogen-bond donors (Lipinski definition) is 1. The van der Waals surface area contributed by atoms with E-state index in [9.17, 15) is 0 Å². The molecule has 0 amide bonds. The fourth-order valence-electron chi connectivity index (χ4n) is 2.37. The van der Waals surface area contributed by atoms with Crippen LogP contribution in [0.4, 0.5) is 0 Å². The Morgan fingerprint density at radius 2 is 2.16 bits per heavy atom. The van der Waals surface area contributed by atoms with E-state index in [1.54, 1.807) is 0 Å². The molecular formula is C15H20BrN3. The van der Waals surface area contributed by atoms with Crippen LogP contribution < -0.4 is 5.32 Å². The normalized spacial score (nSPS) is 12.6. The Hall–Kier alpha value is -1.13. The van der Waals surface area contributed by atoms with Gasteiger partial charge in [-0.3, -0.25) is 4.68 Å². The van der Waals surface area contributed by atoms with Crippen LogP contribution in [0.25, 0.3) is 0 Å². The van der Waals surface area contributed by atoms with Gasteiger partial charge in [-0.25, -0.2) is 0 Å². The minimum absolute atomic E-state index is 0.564. The average molecular weight is 322 g/mol. The minimum atomic E-state index is 0.564.